The Labute approximate surface area is 199 Å². The molecule has 3 fully saturated rings. The van der Waals surface area contributed by atoms with E-state index in [0.29, 0.717) is 10.8 Å². The topological polar surface area (TPSA) is 20.2 Å². The molecule has 4 aliphatic rings. The first-order chi connectivity index (χ1) is 13.3. The van der Waals surface area contributed by atoms with Gasteiger partial charge in [-0.3, -0.25) is 0 Å². The molecule has 30 heavy (non-hydrogen) atoms. The molecule has 0 radical (unpaired) electrons. The van der Waals surface area contributed by atoms with Crippen molar-refractivity contribution in [1.82, 2.24) is 0 Å². The summed E-state index contributed by atoms with van der Waals surface area (Å²) in [7, 11) is 0. The third kappa shape index (κ3) is 4.51. The van der Waals surface area contributed by atoms with Crippen molar-refractivity contribution in [3.05, 3.63) is 11.6 Å². The molecule has 176 valence electrons. The van der Waals surface area contributed by atoms with Crippen LogP contribution >= 0.6 is 24.8 Å². The van der Waals surface area contributed by atoms with Gasteiger partial charge in [-0.05, 0) is 97.7 Å². The molecule has 0 aromatic carbocycles. The van der Waals surface area contributed by atoms with E-state index in [1.54, 1.807) is 5.57 Å². The maximum absolute atomic E-state index is 10.2. The van der Waals surface area contributed by atoms with Gasteiger partial charge in [0.05, 0.1) is 6.10 Å². The predicted octanol–water partition coefficient (Wildman–Crippen LogP) is 8.23. The normalized spacial score (nSPS) is 43.4. The number of halogens is 2. The SMILES string of the molecule is CC(C)CCC[C@@H](C)[C@H]1CC[C@H]2[C@@H]3CC=C4C[C@@H](O)CC[C@]4(C)[C@H]3CC[C@]12C.Cl.Cl. The number of allylic oxidation sites excluding steroid dienone is 1. The van der Waals surface area contributed by atoms with Crippen LogP contribution in [0.25, 0.3) is 0 Å². The van der Waals surface area contributed by atoms with Crippen molar-refractivity contribution in [1.29, 1.82) is 0 Å². The number of hydrogen-bond acceptors (Lipinski definition) is 1. The van der Waals surface area contributed by atoms with E-state index in [4.69, 9.17) is 0 Å². The summed E-state index contributed by atoms with van der Waals surface area (Å²) in [5, 5.41) is 10.2. The fourth-order valence-corrected chi connectivity index (χ4v) is 8.67. The van der Waals surface area contributed by atoms with Crippen LogP contribution in [0.1, 0.15) is 105 Å². The van der Waals surface area contributed by atoms with E-state index in [1.807, 2.05) is 0 Å². The van der Waals surface area contributed by atoms with Crippen LogP contribution in [-0.4, -0.2) is 11.2 Å². The molecular weight excluding hydrogens is 411 g/mol. The minimum absolute atomic E-state index is 0. The van der Waals surface area contributed by atoms with Crippen LogP contribution < -0.4 is 0 Å². The molecule has 4 aliphatic carbocycles. The summed E-state index contributed by atoms with van der Waals surface area (Å²) >= 11 is 0. The smallest absolute Gasteiger partial charge is 0.0577 e. The Kier molecular flexibility index (Phi) is 8.88. The van der Waals surface area contributed by atoms with Gasteiger partial charge in [0, 0.05) is 0 Å². The van der Waals surface area contributed by atoms with Crippen molar-refractivity contribution in [2.24, 2.45) is 46.3 Å². The first-order valence-electron chi connectivity index (χ1n) is 12.6. The van der Waals surface area contributed by atoms with E-state index in [9.17, 15) is 5.11 Å². The van der Waals surface area contributed by atoms with Crippen molar-refractivity contribution in [2.45, 2.75) is 111 Å². The van der Waals surface area contributed by atoms with Crippen molar-refractivity contribution in [3.8, 4) is 0 Å². The summed E-state index contributed by atoms with van der Waals surface area (Å²) in [5.74, 6) is 5.46. The molecule has 0 aromatic rings. The standard InChI is InChI=1S/C27H46O.2ClH/c1-18(2)7-6-8-19(3)23-11-12-24-22-10-9-20-17-21(28)13-15-26(20,4)25(22)14-16-27(23,24)5;;/h9,18-19,21-25,28H,6-8,10-17H2,1-5H3;2*1H/t19-,21+,22+,23-,24+,25+,26+,27-;;/m1../s1. The number of rotatable bonds is 5. The van der Waals surface area contributed by atoms with E-state index in [-0.39, 0.29) is 30.9 Å². The summed E-state index contributed by atoms with van der Waals surface area (Å²) in [4.78, 5) is 0. The number of hydrogen-bond donors (Lipinski definition) is 1. The van der Waals surface area contributed by atoms with Crippen LogP contribution in [0.3, 0.4) is 0 Å². The molecule has 3 heteroatoms. The van der Waals surface area contributed by atoms with Crippen molar-refractivity contribution in [2.75, 3.05) is 0 Å². The lowest BCUT2D eigenvalue weighted by molar-refractivity contribution is -0.0573. The number of aliphatic hydroxyl groups is 1. The lowest BCUT2D eigenvalue weighted by atomic mass is 9.47. The monoisotopic (exact) mass is 458 g/mol. The second-order valence-electron chi connectivity index (χ2n) is 12.2. The van der Waals surface area contributed by atoms with E-state index in [1.165, 1.54) is 57.8 Å². The van der Waals surface area contributed by atoms with Gasteiger partial charge in [0.15, 0.2) is 0 Å². The Morgan fingerprint density at radius 2 is 1.70 bits per heavy atom. The van der Waals surface area contributed by atoms with Crippen LogP contribution in [0.5, 0.6) is 0 Å². The third-order valence-electron chi connectivity index (χ3n) is 10.3. The Morgan fingerprint density at radius 3 is 2.40 bits per heavy atom. The summed E-state index contributed by atoms with van der Waals surface area (Å²) in [6.45, 7) is 12.6. The molecule has 1 N–H and O–H groups in total. The Bertz CT molecular complexity index is 602. The maximum Gasteiger partial charge on any atom is 0.0577 e. The zero-order chi connectivity index (χ0) is 20.1. The van der Waals surface area contributed by atoms with Crippen LogP contribution in [0.4, 0.5) is 0 Å². The molecule has 0 heterocycles. The molecule has 0 unspecified atom stereocenters. The van der Waals surface area contributed by atoms with Gasteiger partial charge >= 0.3 is 0 Å². The van der Waals surface area contributed by atoms with Crippen LogP contribution in [0.2, 0.25) is 0 Å². The van der Waals surface area contributed by atoms with Gasteiger partial charge in [-0.25, -0.2) is 0 Å². The summed E-state index contributed by atoms with van der Waals surface area (Å²) in [6.07, 6.45) is 17.2. The summed E-state index contributed by atoms with van der Waals surface area (Å²) in [5.41, 5.74) is 2.60. The number of fused-ring (bicyclic) bond motifs is 5. The van der Waals surface area contributed by atoms with Gasteiger partial charge in [0.1, 0.15) is 0 Å². The average molecular weight is 460 g/mol. The lowest BCUT2D eigenvalue weighted by Gasteiger charge is -2.58. The zero-order valence-electron chi connectivity index (χ0n) is 20.2. The molecule has 8 atom stereocenters. The second kappa shape index (κ2) is 10.0. The van der Waals surface area contributed by atoms with Gasteiger partial charge in [0.2, 0.25) is 0 Å². The first kappa shape index (κ1) is 26.5. The van der Waals surface area contributed by atoms with Crippen molar-refractivity contribution >= 4 is 24.8 Å². The molecule has 0 aliphatic heterocycles. The average Bonchev–Trinajstić information content (AvgIpc) is 2.99. The van der Waals surface area contributed by atoms with Gasteiger partial charge in [0.25, 0.3) is 0 Å². The van der Waals surface area contributed by atoms with Gasteiger partial charge in [-0.15, -0.1) is 24.8 Å². The van der Waals surface area contributed by atoms with E-state index >= 15 is 0 Å². The van der Waals surface area contributed by atoms with E-state index in [2.05, 4.69) is 40.7 Å². The largest absolute Gasteiger partial charge is 0.393 e. The highest BCUT2D eigenvalue weighted by molar-refractivity contribution is 5.85. The first-order valence-corrected chi connectivity index (χ1v) is 12.6. The third-order valence-corrected chi connectivity index (χ3v) is 10.3. The molecule has 4 rings (SSSR count). The van der Waals surface area contributed by atoms with Crippen molar-refractivity contribution < 1.29 is 5.11 Å². The van der Waals surface area contributed by atoms with Crippen LogP contribution in [0.15, 0.2) is 11.6 Å². The molecule has 0 saturated heterocycles. The van der Waals surface area contributed by atoms with Gasteiger partial charge < -0.3 is 5.11 Å². The van der Waals surface area contributed by atoms with Crippen LogP contribution in [0, 0.1) is 46.3 Å². The highest BCUT2D eigenvalue weighted by Crippen LogP contribution is 2.67. The summed E-state index contributed by atoms with van der Waals surface area (Å²) in [6, 6.07) is 0. The predicted molar refractivity (Wildman–Crippen MR) is 134 cm³/mol. The molecule has 0 bridgehead atoms. The molecule has 0 amide bonds. The molecular formula is C27H48Cl2O. The minimum atomic E-state index is -0.0766. The quantitative estimate of drug-likeness (QED) is 0.411. The Balaban J connectivity index is 0.00000160. The summed E-state index contributed by atoms with van der Waals surface area (Å²) < 4.78 is 0. The highest BCUT2D eigenvalue weighted by Gasteiger charge is 2.59. The number of aliphatic hydroxyl groups excluding tert-OH is 1. The van der Waals surface area contributed by atoms with Crippen molar-refractivity contribution in [3.63, 3.8) is 0 Å². The van der Waals surface area contributed by atoms with Gasteiger partial charge in [-0.2, -0.15) is 0 Å². The van der Waals surface area contributed by atoms with Gasteiger partial charge in [-0.1, -0.05) is 65.5 Å². The molecule has 3 saturated carbocycles. The van der Waals surface area contributed by atoms with Crippen LogP contribution in [-0.2, 0) is 0 Å². The molecule has 0 spiro atoms. The molecule has 0 aromatic heterocycles. The fourth-order valence-electron chi connectivity index (χ4n) is 8.67. The zero-order valence-corrected chi connectivity index (χ0v) is 21.8. The van der Waals surface area contributed by atoms with E-state index < -0.39 is 0 Å². The maximum atomic E-state index is 10.2. The Morgan fingerprint density at radius 1 is 0.967 bits per heavy atom. The van der Waals surface area contributed by atoms with E-state index in [0.717, 1.165) is 48.3 Å². The Hall–Kier alpha value is 0.280. The highest BCUT2D eigenvalue weighted by atomic mass is 35.5. The fraction of sp³-hybridized carbons (Fsp3) is 0.926. The second-order valence-corrected chi connectivity index (χ2v) is 12.2. The molecule has 1 nitrogen and oxygen atoms in total. The lowest BCUT2D eigenvalue weighted by Crippen LogP contribution is -2.50. The minimum Gasteiger partial charge on any atom is -0.393 e.